The van der Waals surface area contributed by atoms with Crippen LogP contribution in [0.15, 0.2) is 22.6 Å². The maximum absolute atomic E-state index is 13.9. The van der Waals surface area contributed by atoms with E-state index in [1.54, 1.807) is 12.1 Å². The number of hydrogen-bond donors (Lipinski definition) is 2. The Balaban J connectivity index is 2.50. The fourth-order valence-corrected chi connectivity index (χ4v) is 2.44. The zero-order valence-corrected chi connectivity index (χ0v) is 12.1. The van der Waals surface area contributed by atoms with Gasteiger partial charge in [0, 0.05) is 5.56 Å². The third-order valence-corrected chi connectivity index (χ3v) is 3.58. The molecule has 0 bridgehead atoms. The third kappa shape index (κ3) is 2.42. The smallest absolute Gasteiger partial charge is 0.165 e. The van der Waals surface area contributed by atoms with Crippen molar-refractivity contribution in [2.75, 3.05) is 7.11 Å². The molecule has 0 aliphatic rings. The van der Waals surface area contributed by atoms with Gasteiger partial charge in [-0.2, -0.15) is 0 Å². The number of hydrogen-bond acceptors (Lipinski definition) is 4. The summed E-state index contributed by atoms with van der Waals surface area (Å²) in [4.78, 5) is 0. The van der Waals surface area contributed by atoms with E-state index in [9.17, 15) is 4.39 Å². The van der Waals surface area contributed by atoms with Crippen molar-refractivity contribution in [1.82, 2.24) is 5.43 Å². The quantitative estimate of drug-likeness (QED) is 0.667. The monoisotopic (exact) mass is 278 g/mol. The molecule has 1 unspecified atom stereocenters. The third-order valence-electron chi connectivity index (χ3n) is 3.58. The standard InChI is InChI=1S/C15H19FN2O2/c1-8-9(2)20-10(3)14(8)15(18-17)11-5-6-13(19-4)12(16)7-11/h5-7,15,18H,17H2,1-4H3. The highest BCUT2D eigenvalue weighted by Crippen LogP contribution is 2.32. The van der Waals surface area contributed by atoms with Crippen LogP contribution in [0.2, 0.25) is 0 Å². The van der Waals surface area contributed by atoms with Gasteiger partial charge in [-0.25, -0.2) is 9.82 Å². The number of nitrogens with one attached hydrogen (secondary N) is 1. The van der Waals surface area contributed by atoms with Crippen molar-refractivity contribution in [3.8, 4) is 5.75 Å². The van der Waals surface area contributed by atoms with Gasteiger partial charge in [0.25, 0.3) is 0 Å². The summed E-state index contributed by atoms with van der Waals surface area (Å²) in [6, 6.07) is 4.47. The Morgan fingerprint density at radius 2 is 1.95 bits per heavy atom. The van der Waals surface area contributed by atoms with Crippen LogP contribution in [0.1, 0.15) is 34.3 Å². The van der Waals surface area contributed by atoms with Gasteiger partial charge in [-0.1, -0.05) is 6.07 Å². The second-order valence-corrected chi connectivity index (χ2v) is 4.75. The van der Waals surface area contributed by atoms with Gasteiger partial charge >= 0.3 is 0 Å². The number of aryl methyl sites for hydroxylation is 2. The second-order valence-electron chi connectivity index (χ2n) is 4.75. The van der Waals surface area contributed by atoms with Crippen molar-refractivity contribution in [1.29, 1.82) is 0 Å². The van der Waals surface area contributed by atoms with E-state index >= 15 is 0 Å². The number of nitrogens with two attached hydrogens (primary N) is 1. The van der Waals surface area contributed by atoms with Gasteiger partial charge in [0.1, 0.15) is 11.5 Å². The molecular formula is C15H19FN2O2. The summed E-state index contributed by atoms with van der Waals surface area (Å²) in [7, 11) is 1.44. The van der Waals surface area contributed by atoms with E-state index in [2.05, 4.69) is 5.43 Å². The fraction of sp³-hybridized carbons (Fsp3) is 0.333. The molecule has 0 spiro atoms. The Morgan fingerprint density at radius 3 is 2.40 bits per heavy atom. The first kappa shape index (κ1) is 14.6. The van der Waals surface area contributed by atoms with Crippen molar-refractivity contribution in [3.63, 3.8) is 0 Å². The Kier molecular flexibility index (Phi) is 4.11. The van der Waals surface area contributed by atoms with Crippen LogP contribution in [0.3, 0.4) is 0 Å². The average molecular weight is 278 g/mol. The second kappa shape index (κ2) is 5.64. The minimum atomic E-state index is -0.416. The lowest BCUT2D eigenvalue weighted by molar-refractivity contribution is 0.385. The van der Waals surface area contributed by atoms with Crippen molar-refractivity contribution < 1.29 is 13.5 Å². The topological polar surface area (TPSA) is 60.4 Å². The first-order valence-electron chi connectivity index (χ1n) is 6.35. The summed E-state index contributed by atoms with van der Waals surface area (Å²) in [5.41, 5.74) is 5.40. The van der Waals surface area contributed by atoms with Crippen LogP contribution in [0.4, 0.5) is 4.39 Å². The predicted octanol–water partition coefficient (Wildman–Crippen LogP) is 2.91. The molecule has 0 fully saturated rings. The van der Waals surface area contributed by atoms with Crippen LogP contribution in [0.5, 0.6) is 5.75 Å². The molecule has 0 saturated heterocycles. The molecule has 0 amide bonds. The molecule has 0 aliphatic heterocycles. The van der Waals surface area contributed by atoms with Gasteiger partial charge in [-0.3, -0.25) is 5.84 Å². The van der Waals surface area contributed by atoms with Gasteiger partial charge in [-0.05, 0) is 44.0 Å². The van der Waals surface area contributed by atoms with Crippen molar-refractivity contribution >= 4 is 0 Å². The predicted molar refractivity (Wildman–Crippen MR) is 75.0 cm³/mol. The maximum Gasteiger partial charge on any atom is 0.165 e. The molecular weight excluding hydrogens is 259 g/mol. The summed E-state index contributed by atoms with van der Waals surface area (Å²) >= 11 is 0. The lowest BCUT2D eigenvalue weighted by atomic mass is 9.96. The SMILES string of the molecule is COc1ccc(C(NN)c2c(C)oc(C)c2C)cc1F. The molecule has 4 nitrogen and oxygen atoms in total. The van der Waals surface area contributed by atoms with Crippen molar-refractivity contribution in [2.24, 2.45) is 5.84 Å². The van der Waals surface area contributed by atoms with E-state index in [4.69, 9.17) is 15.0 Å². The molecule has 0 aliphatic carbocycles. The van der Waals surface area contributed by atoms with E-state index in [1.807, 2.05) is 20.8 Å². The molecule has 0 radical (unpaired) electrons. The summed E-state index contributed by atoms with van der Waals surface area (Å²) in [6.07, 6.45) is 0. The highest BCUT2D eigenvalue weighted by Gasteiger charge is 2.22. The largest absolute Gasteiger partial charge is 0.494 e. The normalized spacial score (nSPS) is 12.5. The number of hydrazine groups is 1. The zero-order chi connectivity index (χ0) is 14.9. The van der Waals surface area contributed by atoms with Crippen molar-refractivity contribution in [2.45, 2.75) is 26.8 Å². The van der Waals surface area contributed by atoms with Gasteiger partial charge < -0.3 is 9.15 Å². The number of benzene rings is 1. The zero-order valence-electron chi connectivity index (χ0n) is 12.1. The van der Waals surface area contributed by atoms with Crippen LogP contribution in [0, 0.1) is 26.6 Å². The molecule has 108 valence electrons. The Hall–Kier alpha value is -1.85. The molecule has 1 heterocycles. The minimum absolute atomic E-state index is 0.210. The summed E-state index contributed by atoms with van der Waals surface area (Å²) in [5, 5.41) is 0. The lowest BCUT2D eigenvalue weighted by Crippen LogP contribution is -2.29. The molecule has 20 heavy (non-hydrogen) atoms. The first-order valence-corrected chi connectivity index (χ1v) is 6.35. The van der Waals surface area contributed by atoms with E-state index in [0.29, 0.717) is 0 Å². The molecule has 1 aromatic carbocycles. The van der Waals surface area contributed by atoms with E-state index in [-0.39, 0.29) is 11.8 Å². The van der Waals surface area contributed by atoms with Crippen LogP contribution < -0.4 is 16.0 Å². The molecule has 2 aromatic rings. The van der Waals surface area contributed by atoms with Crippen LogP contribution in [-0.2, 0) is 0 Å². The number of rotatable bonds is 4. The van der Waals surface area contributed by atoms with Crippen molar-refractivity contribution in [3.05, 3.63) is 52.2 Å². The number of furan rings is 1. The van der Waals surface area contributed by atoms with E-state index in [0.717, 1.165) is 28.2 Å². The molecule has 1 atom stereocenters. The Labute approximate surface area is 117 Å². The van der Waals surface area contributed by atoms with Gasteiger partial charge in [-0.15, -0.1) is 0 Å². The summed E-state index contributed by atoms with van der Waals surface area (Å²) < 4.78 is 24.4. The van der Waals surface area contributed by atoms with Gasteiger partial charge in [0.15, 0.2) is 11.6 Å². The molecule has 1 aromatic heterocycles. The molecule has 5 heteroatoms. The van der Waals surface area contributed by atoms with E-state index in [1.165, 1.54) is 13.2 Å². The Bertz CT molecular complexity index is 623. The highest BCUT2D eigenvalue weighted by atomic mass is 19.1. The molecule has 3 N–H and O–H groups in total. The highest BCUT2D eigenvalue weighted by molar-refractivity contribution is 5.42. The van der Waals surface area contributed by atoms with E-state index < -0.39 is 5.82 Å². The van der Waals surface area contributed by atoms with Gasteiger partial charge in [0.2, 0.25) is 0 Å². The minimum Gasteiger partial charge on any atom is -0.494 e. The van der Waals surface area contributed by atoms with Gasteiger partial charge in [0.05, 0.1) is 13.2 Å². The average Bonchev–Trinajstić information content (AvgIpc) is 2.66. The fourth-order valence-electron chi connectivity index (χ4n) is 2.44. The molecule has 0 saturated carbocycles. The lowest BCUT2D eigenvalue weighted by Gasteiger charge is -2.18. The number of methoxy groups -OCH3 is 1. The maximum atomic E-state index is 13.9. The van der Waals surface area contributed by atoms with Crippen LogP contribution in [0.25, 0.3) is 0 Å². The summed E-state index contributed by atoms with van der Waals surface area (Å²) in [5.74, 6) is 7.07. The Morgan fingerprint density at radius 1 is 1.25 bits per heavy atom. The summed E-state index contributed by atoms with van der Waals surface area (Å²) in [6.45, 7) is 5.74. The molecule has 2 rings (SSSR count). The number of halogens is 1. The van der Waals surface area contributed by atoms with Crippen LogP contribution >= 0.6 is 0 Å². The van der Waals surface area contributed by atoms with Crippen LogP contribution in [-0.4, -0.2) is 7.11 Å². The first-order chi connectivity index (χ1) is 9.49. The number of ether oxygens (including phenoxy) is 1.